The Bertz CT molecular complexity index is 1900. The van der Waals surface area contributed by atoms with Crippen LogP contribution in [0.15, 0.2) is 71.8 Å². The Morgan fingerprint density at radius 2 is 1.80 bits per heavy atom. The van der Waals surface area contributed by atoms with Crippen LogP contribution in [0.1, 0.15) is 61.9 Å². The van der Waals surface area contributed by atoms with Crippen molar-refractivity contribution in [2.24, 2.45) is 0 Å². The average Bonchev–Trinajstić information content (AvgIpc) is 2.97. The highest BCUT2D eigenvalue weighted by Crippen LogP contribution is 2.33. The summed E-state index contributed by atoms with van der Waals surface area (Å²) in [4.78, 5) is 32.8. The molecule has 11 heteroatoms. The number of fused-ring (bicyclic) bond motifs is 10. The summed E-state index contributed by atoms with van der Waals surface area (Å²) < 4.78 is 31.7. The van der Waals surface area contributed by atoms with Crippen molar-refractivity contribution in [1.29, 1.82) is 0 Å². The van der Waals surface area contributed by atoms with Gasteiger partial charge < -0.3 is 20.7 Å². The number of aromatic nitrogens is 1. The van der Waals surface area contributed by atoms with Crippen molar-refractivity contribution >= 4 is 49.8 Å². The highest BCUT2D eigenvalue weighted by molar-refractivity contribution is 7.92. The van der Waals surface area contributed by atoms with Gasteiger partial charge in [-0.05, 0) is 97.8 Å². The van der Waals surface area contributed by atoms with Crippen LogP contribution < -0.4 is 16.4 Å². The molecule has 2 amide bonds. The van der Waals surface area contributed by atoms with E-state index in [2.05, 4.69) is 15.6 Å². The number of carbonyl (C=O) groups excluding carboxylic acids is 2. The Hall–Kier alpha value is -4.64. The number of nitrogen functional groups attached to an aromatic ring is 1. The second-order valence-electron chi connectivity index (χ2n) is 12.6. The molecule has 2 aliphatic rings. The number of hydrogen-bond donors (Lipinski definition) is 3. The molecule has 0 fully saturated rings. The van der Waals surface area contributed by atoms with E-state index in [1.807, 2.05) is 56.3 Å². The van der Waals surface area contributed by atoms with Gasteiger partial charge in [-0.15, -0.1) is 0 Å². The third kappa shape index (κ3) is 6.44. The molecule has 6 rings (SSSR count). The average molecular weight is 630 g/mol. The number of pyridine rings is 1. The highest BCUT2D eigenvalue weighted by atomic mass is 32.2. The van der Waals surface area contributed by atoms with E-state index in [0.717, 1.165) is 27.5 Å². The van der Waals surface area contributed by atoms with Crippen molar-refractivity contribution in [1.82, 2.24) is 9.88 Å². The Labute approximate surface area is 263 Å². The molecule has 0 aliphatic carbocycles. The summed E-state index contributed by atoms with van der Waals surface area (Å²) in [6, 6.07) is 17.1. The van der Waals surface area contributed by atoms with Gasteiger partial charge in [0.25, 0.3) is 0 Å². The number of hydrogen-bond acceptors (Lipinski definition) is 8. The third-order valence-corrected chi connectivity index (χ3v) is 10.8. The number of amides is 2. The molecule has 4 bridgehead atoms. The number of sulfone groups is 1. The molecule has 0 saturated heterocycles. The van der Waals surface area contributed by atoms with E-state index >= 15 is 0 Å². The largest absolute Gasteiger partial charge is 0.449 e. The predicted molar refractivity (Wildman–Crippen MR) is 177 cm³/mol. The first kappa shape index (κ1) is 31.8. The van der Waals surface area contributed by atoms with Crippen LogP contribution in [0.3, 0.4) is 0 Å². The lowest BCUT2D eigenvalue weighted by Crippen LogP contribution is -2.36. The number of benzene rings is 3. The zero-order chi connectivity index (χ0) is 32.7. The fourth-order valence-electron chi connectivity index (χ4n) is 5.55. The summed E-state index contributed by atoms with van der Waals surface area (Å²) in [6.45, 7) is 8.92. The zero-order valence-electron chi connectivity index (χ0n) is 26.3. The summed E-state index contributed by atoms with van der Waals surface area (Å²) in [7, 11) is -2.16. The van der Waals surface area contributed by atoms with Crippen LogP contribution in [-0.2, 0) is 25.9 Å². The lowest BCUT2D eigenvalue weighted by Gasteiger charge is -2.28. The van der Waals surface area contributed by atoms with E-state index in [0.29, 0.717) is 22.8 Å². The lowest BCUT2D eigenvalue weighted by molar-refractivity contribution is -0.131. The van der Waals surface area contributed by atoms with Crippen molar-refractivity contribution in [3.63, 3.8) is 0 Å². The standard InChI is InChI=1S/C34H39N5O5S/c1-20-15-23-7-10-27(20)21(2)19-44-33(41)38-26-9-12-29(45(42,43)34(3,4)5)24(17-26)18-39(6)32(40)30(23)37-25-8-11-28-22(16-25)13-14-36-31(28)35/h7-17,21,30,37H,18-19H2,1-6H3,(H2,35,36)(H,38,41)/t21-,30?/m0/s1. The molecule has 3 heterocycles. The monoisotopic (exact) mass is 629 g/mol. The molecule has 2 atom stereocenters. The van der Waals surface area contributed by atoms with Gasteiger partial charge in [0, 0.05) is 42.5 Å². The van der Waals surface area contributed by atoms with Crippen LogP contribution in [0.25, 0.3) is 10.8 Å². The molecule has 236 valence electrons. The molecule has 10 nitrogen and oxygen atoms in total. The minimum atomic E-state index is -3.80. The van der Waals surface area contributed by atoms with Crippen LogP contribution in [0.5, 0.6) is 0 Å². The molecule has 0 radical (unpaired) electrons. The molecule has 4 N–H and O–H groups in total. The van der Waals surface area contributed by atoms with Crippen LogP contribution in [-0.4, -0.2) is 48.7 Å². The van der Waals surface area contributed by atoms with Gasteiger partial charge in [0.1, 0.15) is 11.9 Å². The van der Waals surface area contributed by atoms with E-state index in [-0.39, 0.29) is 29.9 Å². The van der Waals surface area contributed by atoms with Crippen LogP contribution in [0, 0.1) is 6.92 Å². The number of aryl methyl sites for hydroxylation is 1. The number of ether oxygens (including phenoxy) is 1. The minimum Gasteiger partial charge on any atom is -0.449 e. The number of nitrogens with two attached hydrogens (primary N) is 1. The predicted octanol–water partition coefficient (Wildman–Crippen LogP) is 6.18. The van der Waals surface area contributed by atoms with Crippen LogP contribution >= 0.6 is 0 Å². The van der Waals surface area contributed by atoms with Crippen LogP contribution in [0.4, 0.5) is 22.0 Å². The summed E-state index contributed by atoms with van der Waals surface area (Å²) in [6.07, 6.45) is 0.988. The smallest absolute Gasteiger partial charge is 0.411 e. The Balaban J connectivity index is 1.62. The third-order valence-electron chi connectivity index (χ3n) is 8.16. The molecule has 0 spiro atoms. The topological polar surface area (TPSA) is 144 Å². The van der Waals surface area contributed by atoms with Gasteiger partial charge in [-0.3, -0.25) is 10.1 Å². The van der Waals surface area contributed by atoms with Gasteiger partial charge in [0.2, 0.25) is 5.91 Å². The van der Waals surface area contributed by atoms with Crippen molar-refractivity contribution in [3.8, 4) is 0 Å². The number of nitrogens with zero attached hydrogens (tertiary/aromatic N) is 2. The SMILES string of the molecule is Cc1cc2ccc1[C@@H](C)COC(=O)Nc1ccc(S(=O)(=O)C(C)(C)C)c(c1)CN(C)C(=O)C2Nc1ccc2c(N)nccc2c1. The molecule has 3 aromatic carbocycles. The maximum atomic E-state index is 14.3. The van der Waals surface area contributed by atoms with Crippen molar-refractivity contribution in [3.05, 3.63) is 89.1 Å². The Morgan fingerprint density at radius 1 is 1.04 bits per heavy atom. The first-order valence-electron chi connectivity index (χ1n) is 14.7. The molecule has 4 aromatic rings. The number of anilines is 3. The highest BCUT2D eigenvalue weighted by Gasteiger charge is 2.34. The van der Waals surface area contributed by atoms with E-state index in [4.69, 9.17) is 10.5 Å². The first-order chi connectivity index (χ1) is 21.2. The van der Waals surface area contributed by atoms with Gasteiger partial charge >= 0.3 is 6.09 Å². The second-order valence-corrected chi connectivity index (χ2v) is 15.3. The van der Waals surface area contributed by atoms with Gasteiger partial charge in [-0.25, -0.2) is 18.2 Å². The van der Waals surface area contributed by atoms with Gasteiger partial charge in [-0.1, -0.05) is 25.1 Å². The maximum Gasteiger partial charge on any atom is 0.411 e. The maximum absolute atomic E-state index is 14.3. The summed E-state index contributed by atoms with van der Waals surface area (Å²) in [5.41, 5.74) is 10.2. The molecule has 1 aromatic heterocycles. The van der Waals surface area contributed by atoms with Crippen molar-refractivity contribution < 1.29 is 22.7 Å². The second kappa shape index (κ2) is 12.0. The van der Waals surface area contributed by atoms with E-state index in [1.165, 1.54) is 17.0 Å². The molecular weight excluding hydrogens is 590 g/mol. The zero-order valence-corrected chi connectivity index (χ0v) is 27.2. The number of nitrogens with one attached hydrogen (secondary N) is 2. The normalized spacial score (nSPS) is 18.0. The van der Waals surface area contributed by atoms with Gasteiger partial charge in [0.15, 0.2) is 9.84 Å². The molecule has 45 heavy (non-hydrogen) atoms. The number of likely N-dealkylation sites (N-methyl/N-ethyl adjacent to an activating group) is 1. The summed E-state index contributed by atoms with van der Waals surface area (Å²) in [5.74, 6) is 0.0359. The Kier molecular flexibility index (Phi) is 8.50. The molecular formula is C34H39N5O5S. The van der Waals surface area contributed by atoms with Crippen molar-refractivity contribution in [2.45, 2.75) is 62.8 Å². The van der Waals surface area contributed by atoms with Gasteiger partial charge in [0.05, 0.1) is 16.2 Å². The summed E-state index contributed by atoms with van der Waals surface area (Å²) >= 11 is 0. The van der Waals surface area contributed by atoms with Crippen LogP contribution in [0.2, 0.25) is 0 Å². The fraction of sp³-hybridized carbons (Fsp3) is 0.324. The first-order valence-corrected chi connectivity index (χ1v) is 16.2. The quantitative estimate of drug-likeness (QED) is 0.244. The van der Waals surface area contributed by atoms with E-state index < -0.39 is 26.7 Å². The van der Waals surface area contributed by atoms with Crippen molar-refractivity contribution in [2.75, 3.05) is 30.0 Å². The molecule has 0 saturated carbocycles. The minimum absolute atomic E-state index is 0.0275. The Morgan fingerprint density at radius 3 is 2.51 bits per heavy atom. The molecule has 2 aliphatic heterocycles. The summed E-state index contributed by atoms with van der Waals surface area (Å²) in [5, 5.41) is 7.81. The van der Waals surface area contributed by atoms with E-state index in [1.54, 1.807) is 40.1 Å². The number of rotatable bonds is 3. The molecule has 1 unspecified atom stereocenters. The van der Waals surface area contributed by atoms with E-state index in [9.17, 15) is 18.0 Å². The number of carbonyl (C=O) groups is 2. The van der Waals surface area contributed by atoms with Gasteiger partial charge in [-0.2, -0.15) is 0 Å². The fourth-order valence-corrected chi connectivity index (χ4v) is 6.92. The lowest BCUT2D eigenvalue weighted by atomic mass is 9.93.